The number of H-pyrrole nitrogens is 1. The third kappa shape index (κ3) is 4.56. The smallest absolute Gasteiger partial charge is 0.265 e. The number of carbonyl (C=O) groups is 1. The molecule has 0 atom stereocenters. The molecule has 0 saturated carbocycles. The van der Waals surface area contributed by atoms with Gasteiger partial charge in [0.1, 0.15) is 10.7 Å². The molecule has 1 heterocycles. The fraction of sp³-hybridized carbons (Fsp3) is 0.0370. The fourth-order valence-corrected chi connectivity index (χ4v) is 5.47. The molecule has 0 spiro atoms. The highest BCUT2D eigenvalue weighted by molar-refractivity contribution is 7.93. The summed E-state index contributed by atoms with van der Waals surface area (Å²) in [7, 11) is -2.55. The maximum atomic E-state index is 13.2. The molecule has 4 aromatic carbocycles. The molecule has 5 rings (SSSR count). The van der Waals surface area contributed by atoms with Gasteiger partial charge in [-0.2, -0.15) is 0 Å². The van der Waals surface area contributed by atoms with Gasteiger partial charge in [0.2, 0.25) is 0 Å². The average molecular weight is 517 g/mol. The lowest BCUT2D eigenvalue weighted by atomic mass is 10.1. The van der Waals surface area contributed by atoms with E-state index in [2.05, 4.69) is 15.3 Å². The molecule has 180 valence electrons. The van der Waals surface area contributed by atoms with Crippen LogP contribution in [-0.4, -0.2) is 31.3 Å². The topological polar surface area (TPSA) is 95.2 Å². The van der Waals surface area contributed by atoms with E-state index in [0.717, 1.165) is 26.7 Å². The number of halogens is 1. The quantitative estimate of drug-likeness (QED) is 0.291. The lowest BCUT2D eigenvalue weighted by Gasteiger charge is -2.20. The van der Waals surface area contributed by atoms with Gasteiger partial charge in [0.15, 0.2) is 0 Å². The lowest BCUT2D eigenvalue weighted by Crippen LogP contribution is -2.27. The van der Waals surface area contributed by atoms with E-state index >= 15 is 0 Å². The molecule has 36 heavy (non-hydrogen) atoms. The Morgan fingerprint density at radius 2 is 1.61 bits per heavy atom. The van der Waals surface area contributed by atoms with E-state index in [4.69, 9.17) is 11.6 Å². The highest BCUT2D eigenvalue weighted by Gasteiger charge is 2.25. The molecule has 0 fully saturated rings. The molecule has 0 bridgehead atoms. The Balaban J connectivity index is 1.36. The highest BCUT2D eigenvalue weighted by atomic mass is 35.5. The van der Waals surface area contributed by atoms with Gasteiger partial charge >= 0.3 is 0 Å². The van der Waals surface area contributed by atoms with E-state index in [1.807, 2.05) is 36.4 Å². The van der Waals surface area contributed by atoms with E-state index in [1.54, 1.807) is 42.5 Å². The van der Waals surface area contributed by atoms with Crippen LogP contribution in [0.5, 0.6) is 0 Å². The number of sulfonamides is 1. The number of fused-ring (bicyclic) bond motifs is 1. The monoisotopic (exact) mass is 516 g/mol. The Kier molecular flexibility index (Phi) is 6.22. The third-order valence-electron chi connectivity index (χ3n) is 5.76. The molecule has 0 unspecified atom stereocenters. The van der Waals surface area contributed by atoms with Gasteiger partial charge in [0.25, 0.3) is 15.9 Å². The average Bonchev–Trinajstić information content (AvgIpc) is 3.33. The summed E-state index contributed by atoms with van der Waals surface area (Å²) in [6, 6.07) is 27.8. The third-order valence-corrected chi connectivity index (χ3v) is 8.02. The molecule has 0 radical (unpaired) electrons. The van der Waals surface area contributed by atoms with Crippen molar-refractivity contribution in [3.05, 3.63) is 108 Å². The van der Waals surface area contributed by atoms with E-state index in [1.165, 1.54) is 25.2 Å². The van der Waals surface area contributed by atoms with Crippen LogP contribution in [0.3, 0.4) is 0 Å². The Morgan fingerprint density at radius 3 is 2.33 bits per heavy atom. The number of hydrogen-bond acceptors (Lipinski definition) is 4. The minimum atomic E-state index is -3.99. The van der Waals surface area contributed by atoms with Gasteiger partial charge in [-0.05, 0) is 66.7 Å². The fourth-order valence-electron chi connectivity index (χ4n) is 3.77. The molecule has 0 aliphatic carbocycles. The standard InChI is InChI=1S/C27H21ClN4O3S/c1-32(21-7-3-2-4-8-21)36(34,35)25-17-19(13-16-22(25)28)27(33)29-20-14-11-18(12-15-20)26-30-23-9-5-6-10-24(23)31-26/h2-17H,1H3,(H,29,33)(H,30,31). The zero-order valence-corrected chi connectivity index (χ0v) is 20.7. The summed E-state index contributed by atoms with van der Waals surface area (Å²) in [5.41, 5.74) is 3.88. The molecule has 7 nitrogen and oxygen atoms in total. The van der Waals surface area contributed by atoms with Crippen molar-refractivity contribution in [1.29, 1.82) is 0 Å². The van der Waals surface area contributed by atoms with Crippen molar-refractivity contribution in [3.8, 4) is 11.4 Å². The predicted molar refractivity (Wildman–Crippen MR) is 143 cm³/mol. The summed E-state index contributed by atoms with van der Waals surface area (Å²) in [5, 5.41) is 2.83. The summed E-state index contributed by atoms with van der Waals surface area (Å²) in [6.07, 6.45) is 0. The Morgan fingerprint density at radius 1 is 0.917 bits per heavy atom. The molecule has 9 heteroatoms. The second kappa shape index (κ2) is 9.49. The van der Waals surface area contributed by atoms with Gasteiger partial charge in [-0.25, -0.2) is 13.4 Å². The van der Waals surface area contributed by atoms with Crippen molar-refractivity contribution in [2.45, 2.75) is 4.90 Å². The normalized spacial score (nSPS) is 11.4. The summed E-state index contributed by atoms with van der Waals surface area (Å²) in [4.78, 5) is 20.6. The summed E-state index contributed by atoms with van der Waals surface area (Å²) in [5.74, 6) is 0.270. The van der Waals surface area contributed by atoms with Gasteiger partial charge in [-0.3, -0.25) is 9.10 Å². The van der Waals surface area contributed by atoms with Crippen LogP contribution >= 0.6 is 11.6 Å². The number of aromatic nitrogens is 2. The molecular weight excluding hydrogens is 496 g/mol. The lowest BCUT2D eigenvalue weighted by molar-refractivity contribution is 0.102. The Bertz CT molecular complexity index is 1630. The van der Waals surface area contributed by atoms with Gasteiger partial charge in [-0.1, -0.05) is 41.9 Å². The number of carbonyl (C=O) groups excluding carboxylic acids is 1. The first-order valence-electron chi connectivity index (χ1n) is 11.0. The van der Waals surface area contributed by atoms with E-state index in [-0.39, 0.29) is 15.5 Å². The number of para-hydroxylation sites is 3. The van der Waals surface area contributed by atoms with Crippen LogP contribution in [0.15, 0.2) is 102 Å². The van der Waals surface area contributed by atoms with Crippen LogP contribution in [0.2, 0.25) is 5.02 Å². The van der Waals surface area contributed by atoms with Crippen molar-refractivity contribution < 1.29 is 13.2 Å². The number of aromatic amines is 1. The first-order valence-corrected chi connectivity index (χ1v) is 12.8. The number of imidazole rings is 1. The van der Waals surface area contributed by atoms with E-state index < -0.39 is 15.9 Å². The minimum Gasteiger partial charge on any atom is -0.338 e. The van der Waals surface area contributed by atoms with Crippen molar-refractivity contribution in [2.24, 2.45) is 0 Å². The maximum Gasteiger partial charge on any atom is 0.265 e. The van der Waals surface area contributed by atoms with Crippen LogP contribution in [0, 0.1) is 0 Å². The van der Waals surface area contributed by atoms with Crippen molar-refractivity contribution in [3.63, 3.8) is 0 Å². The zero-order valence-electron chi connectivity index (χ0n) is 19.1. The van der Waals surface area contributed by atoms with Crippen molar-refractivity contribution >= 4 is 49.9 Å². The van der Waals surface area contributed by atoms with Crippen LogP contribution in [0.1, 0.15) is 10.4 Å². The molecule has 5 aromatic rings. The summed E-state index contributed by atoms with van der Waals surface area (Å²) in [6.45, 7) is 0. The number of anilines is 2. The zero-order chi connectivity index (χ0) is 25.3. The molecular formula is C27H21ClN4O3S. The molecule has 0 aliphatic rings. The number of amides is 1. The SMILES string of the molecule is CN(c1ccccc1)S(=O)(=O)c1cc(C(=O)Nc2ccc(-c3nc4ccccc4[nH]3)cc2)ccc1Cl. The molecule has 1 aromatic heterocycles. The summed E-state index contributed by atoms with van der Waals surface area (Å²) >= 11 is 6.24. The minimum absolute atomic E-state index is 0.0320. The first-order chi connectivity index (χ1) is 17.3. The number of rotatable bonds is 6. The van der Waals surface area contributed by atoms with E-state index in [0.29, 0.717) is 11.4 Å². The molecule has 0 aliphatic heterocycles. The van der Waals surface area contributed by atoms with Gasteiger partial charge < -0.3 is 10.3 Å². The first kappa shape index (κ1) is 23.6. The van der Waals surface area contributed by atoms with Crippen LogP contribution in [-0.2, 0) is 10.0 Å². The van der Waals surface area contributed by atoms with Crippen LogP contribution in [0.25, 0.3) is 22.4 Å². The number of nitrogens with zero attached hydrogens (tertiary/aromatic N) is 2. The van der Waals surface area contributed by atoms with E-state index in [9.17, 15) is 13.2 Å². The highest BCUT2D eigenvalue weighted by Crippen LogP contribution is 2.29. The Labute approximate surface area is 213 Å². The second-order valence-electron chi connectivity index (χ2n) is 8.09. The van der Waals surface area contributed by atoms with Crippen LogP contribution < -0.4 is 9.62 Å². The summed E-state index contributed by atoms with van der Waals surface area (Å²) < 4.78 is 27.6. The number of benzene rings is 4. The molecule has 0 saturated heterocycles. The number of hydrogen-bond donors (Lipinski definition) is 2. The Hall–Kier alpha value is -4.14. The largest absolute Gasteiger partial charge is 0.338 e. The van der Waals surface area contributed by atoms with Crippen LogP contribution in [0.4, 0.5) is 11.4 Å². The van der Waals surface area contributed by atoms with Crippen molar-refractivity contribution in [1.82, 2.24) is 9.97 Å². The van der Waals surface area contributed by atoms with Gasteiger partial charge in [0, 0.05) is 23.9 Å². The van der Waals surface area contributed by atoms with Gasteiger partial charge in [-0.15, -0.1) is 0 Å². The van der Waals surface area contributed by atoms with Crippen molar-refractivity contribution in [2.75, 3.05) is 16.7 Å². The number of nitrogens with one attached hydrogen (secondary N) is 2. The predicted octanol–water partition coefficient (Wildman–Crippen LogP) is 5.96. The van der Waals surface area contributed by atoms with Gasteiger partial charge in [0.05, 0.1) is 21.7 Å². The second-order valence-corrected chi connectivity index (χ2v) is 10.4. The molecule has 2 N–H and O–H groups in total. The maximum absolute atomic E-state index is 13.2. The molecule has 1 amide bonds.